The molecule has 0 aliphatic carbocycles. The maximum absolute atomic E-state index is 11.7. The standard InChI is InChI=1S/C31H24Cl2N2O5S/c1-41(38,39)26-13-4-21(5-14-26)19-40-25-11-8-22(9-12-25)30-34-29(27-15-10-24(32)16-28(27)33)18-35(30)17-20-2-6-23(7-3-20)31(36)37/h2-16,18H,17,19H2,1H3,(H,36,37). The zero-order chi connectivity index (χ0) is 29.1. The molecule has 0 spiro atoms. The van der Waals surface area contributed by atoms with Gasteiger partial charge in [-0.15, -0.1) is 0 Å². The number of aromatic carboxylic acids is 1. The Hall–Kier alpha value is -4.11. The van der Waals surface area contributed by atoms with Crippen LogP contribution in [0.2, 0.25) is 10.0 Å². The topological polar surface area (TPSA) is 98.5 Å². The second kappa shape index (κ2) is 11.8. The number of nitrogens with zero attached hydrogens (tertiary/aromatic N) is 2. The van der Waals surface area contributed by atoms with Crippen LogP contribution in [-0.4, -0.2) is 35.3 Å². The molecule has 0 amide bonds. The number of aromatic nitrogens is 2. The molecule has 1 N–H and O–H groups in total. The summed E-state index contributed by atoms with van der Waals surface area (Å²) in [6.07, 6.45) is 3.08. The van der Waals surface area contributed by atoms with Crippen LogP contribution in [0, 0.1) is 0 Å². The van der Waals surface area contributed by atoms with E-state index in [1.165, 1.54) is 6.26 Å². The smallest absolute Gasteiger partial charge is 0.335 e. The molecule has 41 heavy (non-hydrogen) atoms. The summed E-state index contributed by atoms with van der Waals surface area (Å²) < 4.78 is 31.2. The van der Waals surface area contributed by atoms with Crippen molar-refractivity contribution in [2.45, 2.75) is 18.0 Å². The molecule has 0 saturated carbocycles. The molecule has 4 aromatic carbocycles. The minimum atomic E-state index is -3.25. The van der Waals surface area contributed by atoms with E-state index in [1.54, 1.807) is 60.7 Å². The fraction of sp³-hybridized carbons (Fsp3) is 0.0968. The zero-order valence-corrected chi connectivity index (χ0v) is 24.1. The number of carboxylic acids is 1. The van der Waals surface area contributed by atoms with E-state index in [-0.39, 0.29) is 17.1 Å². The first-order chi connectivity index (χ1) is 19.6. The number of hydrogen-bond donors (Lipinski definition) is 1. The van der Waals surface area contributed by atoms with Crippen molar-refractivity contribution in [2.24, 2.45) is 0 Å². The fourth-order valence-electron chi connectivity index (χ4n) is 4.24. The normalized spacial score (nSPS) is 11.4. The summed E-state index contributed by atoms with van der Waals surface area (Å²) in [5.74, 6) is 0.355. The van der Waals surface area contributed by atoms with Gasteiger partial charge < -0.3 is 14.4 Å². The van der Waals surface area contributed by atoms with E-state index in [4.69, 9.17) is 32.9 Å². The third-order valence-corrected chi connectivity index (χ3v) is 8.08. The number of imidazole rings is 1. The third kappa shape index (κ3) is 6.79. The average molecular weight is 608 g/mol. The summed E-state index contributed by atoms with van der Waals surface area (Å²) in [6.45, 7) is 0.735. The summed E-state index contributed by atoms with van der Waals surface area (Å²) in [6, 6.07) is 26.0. The molecule has 0 radical (unpaired) electrons. The van der Waals surface area contributed by atoms with Crippen LogP contribution in [0.4, 0.5) is 0 Å². The molecule has 1 heterocycles. The molecule has 0 unspecified atom stereocenters. The van der Waals surface area contributed by atoms with Crippen LogP contribution in [0.5, 0.6) is 5.75 Å². The summed E-state index contributed by atoms with van der Waals surface area (Å²) >= 11 is 12.6. The van der Waals surface area contributed by atoms with Crippen molar-refractivity contribution in [1.82, 2.24) is 9.55 Å². The molecule has 10 heteroatoms. The van der Waals surface area contributed by atoms with Crippen molar-refractivity contribution in [2.75, 3.05) is 6.26 Å². The van der Waals surface area contributed by atoms with E-state index in [2.05, 4.69) is 0 Å². The van der Waals surface area contributed by atoms with Gasteiger partial charge >= 0.3 is 5.97 Å². The molecule has 7 nitrogen and oxygen atoms in total. The highest BCUT2D eigenvalue weighted by atomic mass is 35.5. The lowest BCUT2D eigenvalue weighted by molar-refractivity contribution is 0.0697. The number of sulfone groups is 1. The Balaban J connectivity index is 1.41. The van der Waals surface area contributed by atoms with E-state index in [9.17, 15) is 18.3 Å². The van der Waals surface area contributed by atoms with Crippen LogP contribution < -0.4 is 4.74 Å². The molecule has 208 valence electrons. The van der Waals surface area contributed by atoms with Gasteiger partial charge in [0.15, 0.2) is 9.84 Å². The Morgan fingerprint density at radius 3 is 2.17 bits per heavy atom. The van der Waals surface area contributed by atoms with Gasteiger partial charge in [-0.25, -0.2) is 18.2 Å². The highest BCUT2D eigenvalue weighted by molar-refractivity contribution is 7.90. The van der Waals surface area contributed by atoms with Gasteiger partial charge in [-0.05, 0) is 77.9 Å². The lowest BCUT2D eigenvalue weighted by atomic mass is 10.1. The number of ether oxygens (including phenoxy) is 1. The van der Waals surface area contributed by atoms with Crippen LogP contribution >= 0.6 is 23.2 Å². The van der Waals surface area contributed by atoms with E-state index in [0.717, 1.165) is 22.3 Å². The number of halogens is 2. The van der Waals surface area contributed by atoms with Gasteiger partial charge in [0, 0.05) is 35.1 Å². The third-order valence-electron chi connectivity index (χ3n) is 6.41. The van der Waals surface area contributed by atoms with E-state index in [1.807, 2.05) is 41.1 Å². The number of hydrogen-bond acceptors (Lipinski definition) is 5. The van der Waals surface area contributed by atoms with Crippen LogP contribution in [0.25, 0.3) is 22.6 Å². The Labute approximate surface area is 247 Å². The van der Waals surface area contributed by atoms with Crippen molar-refractivity contribution in [3.05, 3.63) is 124 Å². The molecule has 0 aliphatic rings. The Kier molecular flexibility index (Phi) is 8.17. The maximum atomic E-state index is 11.7. The first kappa shape index (κ1) is 28.4. The van der Waals surface area contributed by atoms with Gasteiger partial charge in [0.05, 0.1) is 21.2 Å². The van der Waals surface area contributed by atoms with Crippen molar-refractivity contribution < 1.29 is 23.1 Å². The zero-order valence-electron chi connectivity index (χ0n) is 21.8. The highest BCUT2D eigenvalue weighted by Gasteiger charge is 2.15. The summed E-state index contributed by atoms with van der Waals surface area (Å²) in [5.41, 5.74) is 4.21. The van der Waals surface area contributed by atoms with Gasteiger partial charge in [-0.2, -0.15) is 0 Å². The van der Waals surface area contributed by atoms with Gasteiger partial charge in [0.2, 0.25) is 0 Å². The predicted molar refractivity (Wildman–Crippen MR) is 160 cm³/mol. The number of carboxylic acid groups (broad SMARTS) is 1. The molecule has 5 rings (SSSR count). The Morgan fingerprint density at radius 2 is 1.56 bits per heavy atom. The van der Waals surface area contributed by atoms with E-state index in [0.29, 0.717) is 33.9 Å². The van der Waals surface area contributed by atoms with Gasteiger partial charge in [0.1, 0.15) is 18.2 Å². The second-order valence-electron chi connectivity index (χ2n) is 9.43. The van der Waals surface area contributed by atoms with E-state index >= 15 is 0 Å². The van der Waals surface area contributed by atoms with Crippen molar-refractivity contribution in [3.63, 3.8) is 0 Å². The second-order valence-corrected chi connectivity index (χ2v) is 12.3. The fourth-order valence-corrected chi connectivity index (χ4v) is 5.38. The monoisotopic (exact) mass is 606 g/mol. The molecule has 0 bridgehead atoms. The van der Waals surface area contributed by atoms with Crippen LogP contribution in [-0.2, 0) is 23.0 Å². The largest absolute Gasteiger partial charge is 0.489 e. The highest BCUT2D eigenvalue weighted by Crippen LogP contribution is 2.33. The van der Waals surface area contributed by atoms with Crippen LogP contribution in [0.15, 0.2) is 102 Å². The number of benzene rings is 4. The SMILES string of the molecule is CS(=O)(=O)c1ccc(COc2ccc(-c3nc(-c4ccc(Cl)cc4Cl)cn3Cc3ccc(C(=O)O)cc3)cc2)cc1. The van der Waals surface area contributed by atoms with Crippen molar-refractivity contribution in [1.29, 1.82) is 0 Å². The molecular formula is C31H24Cl2N2O5S. The molecule has 0 saturated heterocycles. The predicted octanol–water partition coefficient (Wildman–Crippen LogP) is 7.25. The lowest BCUT2D eigenvalue weighted by Crippen LogP contribution is -2.02. The number of rotatable bonds is 9. The molecule has 5 aromatic rings. The van der Waals surface area contributed by atoms with Crippen LogP contribution in [0.3, 0.4) is 0 Å². The molecule has 1 aromatic heterocycles. The minimum absolute atomic E-state index is 0.218. The first-order valence-corrected chi connectivity index (χ1v) is 15.1. The molecule has 0 aliphatic heterocycles. The number of carbonyl (C=O) groups is 1. The van der Waals surface area contributed by atoms with Crippen molar-refractivity contribution in [3.8, 4) is 28.4 Å². The Bertz CT molecular complexity index is 1820. The van der Waals surface area contributed by atoms with E-state index < -0.39 is 15.8 Å². The molecule has 0 atom stereocenters. The maximum Gasteiger partial charge on any atom is 0.335 e. The summed E-state index contributed by atoms with van der Waals surface area (Å²) in [4.78, 5) is 16.4. The molecule has 0 fully saturated rings. The quantitative estimate of drug-likeness (QED) is 0.190. The van der Waals surface area contributed by atoms with Crippen LogP contribution in [0.1, 0.15) is 21.5 Å². The Morgan fingerprint density at radius 1 is 0.902 bits per heavy atom. The minimum Gasteiger partial charge on any atom is -0.489 e. The summed E-state index contributed by atoms with van der Waals surface area (Å²) in [5, 5.41) is 10.2. The lowest BCUT2D eigenvalue weighted by Gasteiger charge is -2.10. The first-order valence-electron chi connectivity index (χ1n) is 12.4. The molecular weight excluding hydrogens is 583 g/mol. The summed E-state index contributed by atoms with van der Waals surface area (Å²) in [7, 11) is -3.25. The van der Waals surface area contributed by atoms with Gasteiger partial charge in [-0.3, -0.25) is 0 Å². The van der Waals surface area contributed by atoms with Gasteiger partial charge in [-0.1, -0.05) is 47.5 Å². The van der Waals surface area contributed by atoms with Crippen molar-refractivity contribution >= 4 is 39.0 Å². The van der Waals surface area contributed by atoms with Gasteiger partial charge in [0.25, 0.3) is 0 Å². The average Bonchev–Trinajstić information content (AvgIpc) is 3.35.